The third-order valence-corrected chi connectivity index (χ3v) is 7.84. The first-order valence-electron chi connectivity index (χ1n) is 11.2. The van der Waals surface area contributed by atoms with Gasteiger partial charge >= 0.3 is 0 Å². The number of hydrogen-bond acceptors (Lipinski definition) is 6. The molecule has 0 aliphatic carbocycles. The van der Waals surface area contributed by atoms with Crippen molar-refractivity contribution in [1.29, 1.82) is 0 Å². The Bertz CT molecular complexity index is 1220. The Labute approximate surface area is 195 Å². The number of carbonyl (C=O) groups excluding carboxylic acids is 1. The second-order valence-electron chi connectivity index (χ2n) is 9.12. The number of anilines is 2. The number of aromatic nitrogens is 1. The molecule has 9 heteroatoms. The number of nitrogens with one attached hydrogen (secondary N) is 2. The fraction of sp³-hybridized carbons (Fsp3) is 0.417. The highest BCUT2D eigenvalue weighted by atomic mass is 32.1. The number of rotatable bonds is 5. The Hall–Kier alpha value is -2.78. The van der Waals surface area contributed by atoms with Crippen LogP contribution in [0.3, 0.4) is 0 Å². The Morgan fingerprint density at radius 2 is 2.00 bits per heavy atom. The number of carbonyl (C=O) groups is 1. The normalized spacial score (nSPS) is 20.9. The maximum absolute atomic E-state index is 15.0. The number of nitrogen functional groups attached to an aromatic ring is 1. The van der Waals surface area contributed by atoms with Crippen molar-refractivity contribution in [3.63, 3.8) is 0 Å². The van der Waals surface area contributed by atoms with Gasteiger partial charge in [-0.25, -0.2) is 13.8 Å². The van der Waals surface area contributed by atoms with Gasteiger partial charge in [-0.1, -0.05) is 13.0 Å². The topological polar surface area (TPSA) is 83.3 Å². The number of hydrogen-bond donors (Lipinski definition) is 3. The minimum Gasteiger partial charge on any atom is -0.397 e. The van der Waals surface area contributed by atoms with E-state index in [0.717, 1.165) is 42.8 Å². The van der Waals surface area contributed by atoms with Crippen LogP contribution in [0.25, 0.3) is 10.2 Å². The van der Waals surface area contributed by atoms with Crippen molar-refractivity contribution in [1.82, 2.24) is 15.6 Å². The number of thiophene rings is 1. The Morgan fingerprint density at radius 1 is 1.27 bits per heavy atom. The molecule has 1 aromatic carbocycles. The van der Waals surface area contributed by atoms with Crippen LogP contribution in [-0.4, -0.2) is 42.6 Å². The smallest absolute Gasteiger partial charge is 0.263 e. The van der Waals surface area contributed by atoms with E-state index in [1.165, 1.54) is 6.07 Å². The van der Waals surface area contributed by atoms with E-state index in [9.17, 15) is 13.6 Å². The molecule has 6 nitrogen and oxygen atoms in total. The van der Waals surface area contributed by atoms with Crippen molar-refractivity contribution in [3.8, 4) is 0 Å². The standard InChI is InChI=1S/C24H27F2N5OS/c1-12(9-28-23(32)22-21(27)17-8-18(25)13(2)29-24(17)33-22)14-3-6-20(19(26)7-14)31-10-15-4-5-16(11-31)30-15/h3,6-8,12,15-16,30H,4-5,9-11,27H2,1-2H3,(H,28,32)/t12-,15?,16?/m0/s1. The lowest BCUT2D eigenvalue weighted by atomic mass is 10.00. The van der Waals surface area contributed by atoms with E-state index in [0.29, 0.717) is 39.4 Å². The Kier molecular flexibility index (Phi) is 5.70. The molecule has 3 atom stereocenters. The van der Waals surface area contributed by atoms with E-state index in [-0.39, 0.29) is 29.0 Å². The lowest BCUT2D eigenvalue weighted by Crippen LogP contribution is -2.51. The van der Waals surface area contributed by atoms with Crippen LogP contribution < -0.4 is 21.3 Å². The van der Waals surface area contributed by atoms with Crippen molar-refractivity contribution >= 4 is 38.8 Å². The minimum absolute atomic E-state index is 0.0925. The molecule has 5 rings (SSSR count). The van der Waals surface area contributed by atoms with E-state index in [1.807, 2.05) is 19.1 Å². The van der Waals surface area contributed by atoms with Gasteiger partial charge in [0, 0.05) is 37.1 Å². The van der Waals surface area contributed by atoms with Crippen LogP contribution in [0.15, 0.2) is 24.3 Å². The molecular formula is C24H27F2N5OS. The summed E-state index contributed by atoms with van der Waals surface area (Å²) >= 11 is 1.14. The average molecular weight is 472 g/mol. The molecule has 2 unspecified atom stereocenters. The molecular weight excluding hydrogens is 444 g/mol. The molecule has 0 radical (unpaired) electrons. The molecule has 2 aliphatic rings. The largest absolute Gasteiger partial charge is 0.397 e. The number of benzene rings is 1. The third kappa shape index (κ3) is 4.15. The molecule has 0 saturated carbocycles. The third-order valence-electron chi connectivity index (χ3n) is 6.72. The van der Waals surface area contributed by atoms with Gasteiger partial charge in [0.25, 0.3) is 5.91 Å². The van der Waals surface area contributed by atoms with Crippen molar-refractivity contribution in [2.75, 3.05) is 30.3 Å². The lowest BCUT2D eigenvalue weighted by Gasteiger charge is -2.35. The van der Waals surface area contributed by atoms with Crippen LogP contribution in [0.1, 0.15) is 46.6 Å². The zero-order valence-electron chi connectivity index (χ0n) is 18.6. The minimum atomic E-state index is -0.452. The van der Waals surface area contributed by atoms with E-state index >= 15 is 0 Å². The summed E-state index contributed by atoms with van der Waals surface area (Å²) in [5.41, 5.74) is 8.05. The number of amides is 1. The van der Waals surface area contributed by atoms with Crippen molar-refractivity contribution in [3.05, 3.63) is 52.0 Å². The number of fused-ring (bicyclic) bond motifs is 3. The summed E-state index contributed by atoms with van der Waals surface area (Å²) in [6, 6.07) is 7.54. The van der Waals surface area contributed by atoms with Crippen LogP contribution in [0, 0.1) is 18.6 Å². The van der Waals surface area contributed by atoms with Gasteiger partial charge in [-0.15, -0.1) is 11.3 Å². The van der Waals surface area contributed by atoms with E-state index in [4.69, 9.17) is 5.73 Å². The van der Waals surface area contributed by atoms with Gasteiger partial charge in [0.2, 0.25) is 0 Å². The van der Waals surface area contributed by atoms with Crippen molar-refractivity contribution in [2.45, 2.75) is 44.7 Å². The molecule has 4 heterocycles. The second kappa shape index (κ2) is 8.53. The molecule has 33 heavy (non-hydrogen) atoms. The molecule has 3 aromatic rings. The molecule has 1 amide bonds. The number of aryl methyl sites for hydroxylation is 1. The lowest BCUT2D eigenvalue weighted by molar-refractivity contribution is 0.0956. The van der Waals surface area contributed by atoms with Gasteiger partial charge < -0.3 is 21.3 Å². The SMILES string of the molecule is Cc1nc2sc(C(=O)NC[C@H](C)c3ccc(N4CC5CCC(C4)N5)c(F)c3)c(N)c2cc1F. The van der Waals surface area contributed by atoms with Gasteiger partial charge in [0.1, 0.15) is 21.3 Å². The number of nitrogens with two attached hydrogens (primary N) is 1. The zero-order valence-corrected chi connectivity index (χ0v) is 19.4. The van der Waals surface area contributed by atoms with Crippen LogP contribution in [-0.2, 0) is 0 Å². The predicted octanol–water partition coefficient (Wildman–Crippen LogP) is 3.94. The average Bonchev–Trinajstić information content (AvgIpc) is 3.30. The van der Waals surface area contributed by atoms with E-state index in [2.05, 4.69) is 20.5 Å². The number of piperazine rings is 1. The Morgan fingerprint density at radius 3 is 2.70 bits per heavy atom. The van der Waals surface area contributed by atoms with Gasteiger partial charge in [-0.05, 0) is 49.4 Å². The first-order chi connectivity index (χ1) is 15.8. The maximum atomic E-state index is 15.0. The summed E-state index contributed by atoms with van der Waals surface area (Å²) in [6.45, 7) is 5.49. The molecule has 0 spiro atoms. The predicted molar refractivity (Wildman–Crippen MR) is 128 cm³/mol. The number of nitrogens with zero attached hydrogens (tertiary/aromatic N) is 2. The summed E-state index contributed by atoms with van der Waals surface area (Å²) in [5.74, 6) is -1.12. The second-order valence-corrected chi connectivity index (χ2v) is 10.1. The molecule has 4 N–H and O–H groups in total. The molecule has 2 aliphatic heterocycles. The van der Waals surface area contributed by atoms with E-state index in [1.54, 1.807) is 13.0 Å². The highest BCUT2D eigenvalue weighted by molar-refractivity contribution is 7.21. The number of halogens is 2. The first-order valence-corrected chi connectivity index (χ1v) is 12.1. The number of pyridine rings is 1. The quantitative estimate of drug-likeness (QED) is 0.525. The fourth-order valence-corrected chi connectivity index (χ4v) is 5.84. The molecule has 2 saturated heterocycles. The Balaban J connectivity index is 1.26. The van der Waals surface area contributed by atoms with Gasteiger partial charge in [-0.2, -0.15) is 0 Å². The summed E-state index contributed by atoms with van der Waals surface area (Å²) < 4.78 is 28.8. The highest BCUT2D eigenvalue weighted by Crippen LogP contribution is 2.34. The van der Waals surface area contributed by atoms with Gasteiger partial charge in [0.05, 0.1) is 17.1 Å². The molecule has 2 fully saturated rings. The van der Waals surface area contributed by atoms with E-state index < -0.39 is 5.82 Å². The van der Waals surface area contributed by atoms with Crippen LogP contribution in [0.5, 0.6) is 0 Å². The monoisotopic (exact) mass is 471 g/mol. The summed E-state index contributed by atoms with van der Waals surface area (Å²) in [6.07, 6.45) is 2.29. The summed E-state index contributed by atoms with van der Waals surface area (Å²) in [7, 11) is 0. The molecule has 2 bridgehead atoms. The summed E-state index contributed by atoms with van der Waals surface area (Å²) in [4.78, 5) is 19.9. The zero-order chi connectivity index (χ0) is 23.3. The van der Waals surface area contributed by atoms with Crippen molar-refractivity contribution in [2.24, 2.45) is 0 Å². The van der Waals surface area contributed by atoms with Gasteiger partial charge in [0.15, 0.2) is 0 Å². The highest BCUT2D eigenvalue weighted by Gasteiger charge is 2.33. The summed E-state index contributed by atoms with van der Waals surface area (Å²) in [5, 5.41) is 6.88. The van der Waals surface area contributed by atoms with Crippen LogP contribution in [0.2, 0.25) is 0 Å². The molecule has 2 aromatic heterocycles. The molecule has 174 valence electrons. The van der Waals surface area contributed by atoms with Crippen LogP contribution in [0.4, 0.5) is 20.2 Å². The maximum Gasteiger partial charge on any atom is 0.263 e. The first kappa shape index (κ1) is 22.0. The van der Waals surface area contributed by atoms with Gasteiger partial charge in [-0.3, -0.25) is 4.79 Å². The van der Waals surface area contributed by atoms with Crippen LogP contribution >= 0.6 is 11.3 Å². The van der Waals surface area contributed by atoms with Crippen molar-refractivity contribution < 1.29 is 13.6 Å². The fourth-order valence-electron chi connectivity index (χ4n) is 4.80.